The van der Waals surface area contributed by atoms with Gasteiger partial charge in [0, 0.05) is 6.54 Å². The molecule has 0 aromatic heterocycles. The Labute approximate surface area is 121 Å². The third kappa shape index (κ3) is 2.71. The van der Waals surface area contributed by atoms with Gasteiger partial charge < -0.3 is 4.74 Å². The SMILES string of the molecule is NP(N)(=S)N1CCOC1[N+]1(P(N)(N)=S)CCOS1. The van der Waals surface area contributed by atoms with Gasteiger partial charge in [0.05, 0.1) is 6.61 Å². The second-order valence-corrected chi connectivity index (χ2v) is 12.8. The number of nitrogens with two attached hydrogens (primary N) is 4. The van der Waals surface area contributed by atoms with Crippen LogP contribution in [0.15, 0.2) is 0 Å². The Bertz CT molecular complexity index is 419. The molecular weight excluding hydrogens is 334 g/mol. The Hall–Kier alpha value is 1.33. The Kier molecular flexibility index (Phi) is 4.60. The normalized spacial score (nSPS) is 35.2. The van der Waals surface area contributed by atoms with Crippen LogP contribution >= 0.6 is 25.2 Å². The summed E-state index contributed by atoms with van der Waals surface area (Å²) in [6.07, 6.45) is -0.515. The fourth-order valence-electron chi connectivity index (χ4n) is 1.93. The molecule has 0 bridgehead atoms. The van der Waals surface area contributed by atoms with E-state index in [0.717, 1.165) is 12.2 Å². The maximum atomic E-state index is 6.03. The predicted molar refractivity (Wildman–Crippen MR) is 80.4 cm³/mol. The number of quaternary nitrogens is 1. The van der Waals surface area contributed by atoms with Crippen molar-refractivity contribution >= 4 is 48.8 Å². The number of hydrogen-bond acceptors (Lipinski definition) is 5. The highest BCUT2D eigenvalue weighted by Gasteiger charge is 2.58. The van der Waals surface area contributed by atoms with Gasteiger partial charge in [-0.05, 0) is 23.6 Å². The molecule has 2 saturated heterocycles. The molecule has 0 saturated carbocycles. The van der Waals surface area contributed by atoms with Crippen LogP contribution in [-0.2, 0) is 32.5 Å². The van der Waals surface area contributed by atoms with Crippen molar-refractivity contribution < 1.29 is 12.6 Å². The smallest absolute Gasteiger partial charge is 0.278 e. The first-order valence-corrected chi connectivity index (χ1v) is 11.6. The van der Waals surface area contributed by atoms with E-state index in [1.807, 2.05) is 0 Å². The Morgan fingerprint density at radius 1 is 1.22 bits per heavy atom. The van der Waals surface area contributed by atoms with Gasteiger partial charge in [0.25, 0.3) is 25.1 Å². The van der Waals surface area contributed by atoms with Gasteiger partial charge in [0.15, 0.2) is 0 Å². The van der Waals surface area contributed by atoms with Gasteiger partial charge in [-0.1, -0.05) is 0 Å². The maximum Gasteiger partial charge on any atom is 0.278 e. The van der Waals surface area contributed by atoms with E-state index >= 15 is 0 Å². The Balaban J connectivity index is 2.38. The first-order chi connectivity index (χ1) is 8.18. The zero-order chi connectivity index (χ0) is 13.6. The van der Waals surface area contributed by atoms with Crippen molar-refractivity contribution in [3.63, 3.8) is 0 Å². The molecule has 2 atom stereocenters. The molecule has 2 rings (SSSR count). The molecule has 2 heterocycles. The van der Waals surface area contributed by atoms with Crippen LogP contribution in [0.25, 0.3) is 0 Å². The minimum Gasteiger partial charge on any atom is -0.313 e. The van der Waals surface area contributed by atoms with Gasteiger partial charge in [-0.25, -0.2) is 11.0 Å². The molecule has 8 nitrogen and oxygen atoms in total. The van der Waals surface area contributed by atoms with Crippen molar-refractivity contribution in [1.82, 2.24) is 4.67 Å². The second-order valence-electron chi connectivity index (χ2n) is 4.08. The standard InChI is InChI=1S/C5H17N6O2P2S3/c6-14(7,16)10-1-3-12-5(10)11(15(8,9)17)2-4-13-18-11/h5H,1-4H2,(H4,6,7,16)(H4,8,9,17)/q+1. The number of nitrogens with zero attached hydrogens (tertiary/aromatic N) is 2. The summed E-state index contributed by atoms with van der Waals surface area (Å²) in [6, 6.07) is 0. The minimum absolute atomic E-state index is 0.0924. The van der Waals surface area contributed by atoms with E-state index in [4.69, 9.17) is 54.6 Å². The highest BCUT2D eigenvalue weighted by atomic mass is 32.5. The van der Waals surface area contributed by atoms with Gasteiger partial charge in [0.2, 0.25) is 0 Å². The first kappa shape index (κ1) is 15.7. The van der Waals surface area contributed by atoms with Crippen LogP contribution in [0.2, 0.25) is 0 Å². The van der Waals surface area contributed by atoms with Crippen LogP contribution in [-0.4, -0.2) is 41.0 Å². The van der Waals surface area contributed by atoms with Crippen molar-refractivity contribution in [3.05, 3.63) is 0 Å². The molecule has 2 aliphatic heterocycles. The fraction of sp³-hybridized carbons (Fsp3) is 1.00. The summed E-state index contributed by atoms with van der Waals surface area (Å²) >= 11 is 11.6. The summed E-state index contributed by atoms with van der Waals surface area (Å²) in [5.74, 6) is 0. The largest absolute Gasteiger partial charge is 0.313 e. The summed E-state index contributed by atoms with van der Waals surface area (Å²) in [7, 11) is 0. The summed E-state index contributed by atoms with van der Waals surface area (Å²) in [4.78, 5) is 0. The zero-order valence-electron chi connectivity index (χ0n) is 9.55. The van der Waals surface area contributed by atoms with Crippen molar-refractivity contribution in [2.75, 3.05) is 26.3 Å². The predicted octanol–water partition coefficient (Wildman–Crippen LogP) is -0.704. The van der Waals surface area contributed by atoms with Gasteiger partial charge >= 0.3 is 0 Å². The minimum atomic E-state index is -2.70. The lowest BCUT2D eigenvalue weighted by molar-refractivity contribution is -0.735. The maximum absolute atomic E-state index is 6.03. The third-order valence-electron chi connectivity index (χ3n) is 2.79. The van der Waals surface area contributed by atoms with Gasteiger partial charge in [0.1, 0.15) is 19.6 Å². The highest BCUT2D eigenvalue weighted by molar-refractivity contribution is 8.13. The lowest BCUT2D eigenvalue weighted by atomic mass is 10.6. The van der Waals surface area contributed by atoms with E-state index < -0.39 is 19.3 Å². The summed E-state index contributed by atoms with van der Waals surface area (Å²) in [6.45, 7) is -3.21. The lowest BCUT2D eigenvalue weighted by Crippen LogP contribution is -2.55. The van der Waals surface area contributed by atoms with Crippen LogP contribution in [0.1, 0.15) is 0 Å². The molecule has 0 aromatic rings. The zero-order valence-corrected chi connectivity index (χ0v) is 13.8. The monoisotopic (exact) mass is 351 g/mol. The van der Waals surface area contributed by atoms with E-state index in [-0.39, 0.29) is 3.66 Å². The molecule has 13 heteroatoms. The highest BCUT2D eigenvalue weighted by Crippen LogP contribution is 2.58. The molecule has 0 radical (unpaired) electrons. The molecule has 106 valence electrons. The molecule has 0 aromatic carbocycles. The second kappa shape index (κ2) is 5.27. The van der Waals surface area contributed by atoms with E-state index in [1.54, 1.807) is 4.67 Å². The summed E-state index contributed by atoms with van der Waals surface area (Å²) < 4.78 is 12.9. The molecule has 2 aliphatic rings. The van der Waals surface area contributed by atoms with Crippen molar-refractivity contribution in [2.24, 2.45) is 22.0 Å². The van der Waals surface area contributed by atoms with Crippen LogP contribution in [0, 0.1) is 0 Å². The Morgan fingerprint density at radius 2 is 1.89 bits per heavy atom. The summed E-state index contributed by atoms with van der Waals surface area (Å²) in [5.41, 5.74) is 23.8. The van der Waals surface area contributed by atoms with E-state index in [0.29, 0.717) is 26.3 Å². The molecule has 2 fully saturated rings. The van der Waals surface area contributed by atoms with Crippen molar-refractivity contribution in [1.29, 1.82) is 0 Å². The molecule has 18 heavy (non-hydrogen) atoms. The van der Waals surface area contributed by atoms with Crippen LogP contribution in [0.4, 0.5) is 0 Å². The number of rotatable bonds is 3. The molecule has 2 unspecified atom stereocenters. The Morgan fingerprint density at radius 3 is 2.33 bits per heavy atom. The molecule has 0 aliphatic carbocycles. The van der Waals surface area contributed by atoms with Gasteiger partial charge in [-0.3, -0.25) is 15.2 Å². The van der Waals surface area contributed by atoms with Gasteiger partial charge in [-0.15, -0.1) is 0 Å². The third-order valence-corrected chi connectivity index (χ3v) is 9.17. The van der Waals surface area contributed by atoms with Crippen LogP contribution < -0.4 is 22.0 Å². The number of ether oxygens (including phenoxy) is 1. The van der Waals surface area contributed by atoms with E-state index in [2.05, 4.69) is 0 Å². The number of hydrogen-bond donors (Lipinski definition) is 4. The molecule has 0 amide bonds. The molecule has 0 spiro atoms. The molecule has 8 N–H and O–H groups in total. The van der Waals surface area contributed by atoms with Crippen LogP contribution in [0.5, 0.6) is 0 Å². The molecular formula is C5H17N6O2P2S3+. The fourth-order valence-corrected chi connectivity index (χ4v) is 6.43. The van der Waals surface area contributed by atoms with Crippen LogP contribution in [0.3, 0.4) is 0 Å². The lowest BCUT2D eigenvalue weighted by Gasteiger charge is -2.42. The average Bonchev–Trinajstić information content (AvgIpc) is 2.84. The van der Waals surface area contributed by atoms with E-state index in [9.17, 15) is 0 Å². The van der Waals surface area contributed by atoms with Crippen molar-refractivity contribution in [3.8, 4) is 0 Å². The summed E-state index contributed by atoms with van der Waals surface area (Å²) in [5, 5.41) is 0. The first-order valence-electron chi connectivity index (χ1n) is 5.11. The van der Waals surface area contributed by atoms with Crippen molar-refractivity contribution in [2.45, 2.75) is 6.35 Å². The quantitative estimate of drug-likeness (QED) is 0.294. The van der Waals surface area contributed by atoms with E-state index in [1.165, 1.54) is 0 Å². The topological polar surface area (TPSA) is 126 Å². The van der Waals surface area contributed by atoms with Gasteiger partial charge in [-0.2, -0.15) is 8.33 Å². The average molecular weight is 351 g/mol.